The quantitative estimate of drug-likeness (QED) is 0.443. The van der Waals surface area contributed by atoms with Crippen molar-refractivity contribution in [1.29, 1.82) is 0 Å². The first-order chi connectivity index (χ1) is 16.1. The minimum Gasteiger partial charge on any atom is -0.494 e. The van der Waals surface area contributed by atoms with Gasteiger partial charge in [-0.3, -0.25) is 4.79 Å². The third-order valence-corrected chi connectivity index (χ3v) is 4.50. The largest absolute Gasteiger partial charge is 0.494 e. The van der Waals surface area contributed by atoms with Gasteiger partial charge in [-0.1, -0.05) is 0 Å². The van der Waals surface area contributed by atoms with E-state index in [1.807, 2.05) is 52.0 Å². The summed E-state index contributed by atoms with van der Waals surface area (Å²) in [7, 11) is 0. The zero-order chi connectivity index (χ0) is 23.6. The molecule has 0 fully saturated rings. The van der Waals surface area contributed by atoms with E-state index in [9.17, 15) is 4.79 Å². The first-order valence-corrected chi connectivity index (χ1v) is 11.0. The van der Waals surface area contributed by atoms with Crippen LogP contribution in [-0.4, -0.2) is 52.5 Å². The molecule has 0 radical (unpaired) electrons. The molecular formula is C23H29N5O5. The summed E-state index contributed by atoms with van der Waals surface area (Å²) in [5.41, 5.74) is 1.14. The molecule has 10 heteroatoms. The van der Waals surface area contributed by atoms with Crippen molar-refractivity contribution in [3.05, 3.63) is 47.8 Å². The molecule has 0 bridgehead atoms. The lowest BCUT2D eigenvalue weighted by molar-refractivity contribution is 0.0948. The highest BCUT2D eigenvalue weighted by Gasteiger charge is 2.19. The summed E-state index contributed by atoms with van der Waals surface area (Å²) in [4.78, 5) is 12.9. The number of nitrogens with one attached hydrogen (secondary N) is 1. The molecule has 0 aliphatic heterocycles. The number of rotatable bonds is 12. The number of hydrogen-bond acceptors (Lipinski definition) is 8. The minimum absolute atomic E-state index is 0.125. The average molecular weight is 456 g/mol. The van der Waals surface area contributed by atoms with E-state index in [-0.39, 0.29) is 12.5 Å². The van der Waals surface area contributed by atoms with Gasteiger partial charge in [0.25, 0.3) is 5.91 Å². The molecule has 1 N–H and O–H groups in total. The van der Waals surface area contributed by atoms with Gasteiger partial charge >= 0.3 is 0 Å². The Morgan fingerprint density at radius 2 is 1.48 bits per heavy atom. The predicted octanol–water partition coefficient (Wildman–Crippen LogP) is 3.19. The second-order valence-corrected chi connectivity index (χ2v) is 6.72. The second-order valence-electron chi connectivity index (χ2n) is 6.72. The lowest BCUT2D eigenvalue weighted by atomic mass is 10.1. The van der Waals surface area contributed by atoms with Gasteiger partial charge < -0.3 is 24.3 Å². The summed E-state index contributed by atoms with van der Waals surface area (Å²) in [5.74, 6) is 2.31. The molecule has 0 saturated heterocycles. The zero-order valence-electron chi connectivity index (χ0n) is 19.3. The van der Waals surface area contributed by atoms with E-state index < -0.39 is 0 Å². The van der Waals surface area contributed by atoms with Crippen molar-refractivity contribution in [3.63, 3.8) is 0 Å². The number of ether oxygens (including phenoxy) is 4. The van der Waals surface area contributed by atoms with Crippen LogP contribution in [0.1, 0.15) is 43.9 Å². The zero-order valence-corrected chi connectivity index (χ0v) is 19.3. The van der Waals surface area contributed by atoms with Crippen LogP contribution in [0.4, 0.5) is 0 Å². The molecule has 3 rings (SSSR count). The molecule has 0 unspecified atom stereocenters. The van der Waals surface area contributed by atoms with Crippen LogP contribution in [0, 0.1) is 0 Å². The Morgan fingerprint density at radius 3 is 2.06 bits per heavy atom. The third kappa shape index (κ3) is 5.91. The fraction of sp³-hybridized carbons (Fsp3) is 0.391. The number of amides is 1. The molecular weight excluding hydrogens is 426 g/mol. The normalized spacial score (nSPS) is 10.5. The van der Waals surface area contributed by atoms with Gasteiger partial charge in [-0.25, -0.2) is 0 Å². The van der Waals surface area contributed by atoms with Gasteiger partial charge in [0.15, 0.2) is 17.3 Å². The van der Waals surface area contributed by atoms with E-state index in [0.717, 1.165) is 11.4 Å². The number of hydrogen-bond donors (Lipinski definition) is 1. The van der Waals surface area contributed by atoms with E-state index >= 15 is 0 Å². The van der Waals surface area contributed by atoms with Gasteiger partial charge in [0.05, 0.1) is 38.7 Å². The Labute approximate surface area is 192 Å². The average Bonchev–Trinajstić information content (AvgIpc) is 3.29. The number of aromatic nitrogens is 4. The van der Waals surface area contributed by atoms with Crippen molar-refractivity contribution in [1.82, 2.24) is 25.5 Å². The van der Waals surface area contributed by atoms with Crippen LogP contribution in [0.25, 0.3) is 5.69 Å². The Balaban J connectivity index is 1.78. The van der Waals surface area contributed by atoms with Crippen LogP contribution >= 0.6 is 0 Å². The molecule has 1 amide bonds. The number of benzene rings is 2. The summed E-state index contributed by atoms with van der Waals surface area (Å²) in [5, 5.41) is 14.7. The van der Waals surface area contributed by atoms with Crippen molar-refractivity contribution in [2.45, 2.75) is 34.2 Å². The fourth-order valence-corrected chi connectivity index (χ4v) is 3.15. The number of carbonyl (C=O) groups is 1. The van der Waals surface area contributed by atoms with Crippen molar-refractivity contribution < 1.29 is 23.7 Å². The maximum atomic E-state index is 12.9. The van der Waals surface area contributed by atoms with Crippen molar-refractivity contribution in [2.24, 2.45) is 0 Å². The molecule has 0 spiro atoms. The van der Waals surface area contributed by atoms with Gasteiger partial charge in [0.1, 0.15) is 5.75 Å². The maximum absolute atomic E-state index is 12.9. The van der Waals surface area contributed by atoms with Crippen LogP contribution in [-0.2, 0) is 6.54 Å². The highest BCUT2D eigenvalue weighted by molar-refractivity contribution is 5.95. The lowest BCUT2D eigenvalue weighted by Gasteiger charge is -2.17. The SMILES string of the molecule is CCOc1ccc(-n2nnnc2CNC(=O)c2cc(OCC)c(OCC)c(OCC)c2)cc1. The Morgan fingerprint density at radius 1 is 0.879 bits per heavy atom. The Kier molecular flexibility index (Phi) is 8.45. The van der Waals surface area contributed by atoms with Gasteiger partial charge in [0.2, 0.25) is 5.75 Å². The molecule has 176 valence electrons. The van der Waals surface area contributed by atoms with Gasteiger partial charge in [-0.05, 0) is 74.5 Å². The van der Waals surface area contributed by atoms with Crippen LogP contribution in [0.5, 0.6) is 23.0 Å². The molecule has 0 aliphatic rings. The molecule has 1 aromatic heterocycles. The molecule has 0 saturated carbocycles. The first-order valence-electron chi connectivity index (χ1n) is 11.0. The van der Waals surface area contributed by atoms with Gasteiger partial charge in [-0.15, -0.1) is 5.10 Å². The predicted molar refractivity (Wildman–Crippen MR) is 121 cm³/mol. The maximum Gasteiger partial charge on any atom is 0.251 e. The Bertz CT molecular complexity index is 1020. The summed E-state index contributed by atoms with van der Waals surface area (Å²) in [6, 6.07) is 10.7. The van der Waals surface area contributed by atoms with Crippen LogP contribution in [0.2, 0.25) is 0 Å². The molecule has 10 nitrogen and oxygen atoms in total. The minimum atomic E-state index is -0.318. The van der Waals surface area contributed by atoms with Crippen molar-refractivity contribution >= 4 is 5.91 Å². The van der Waals surface area contributed by atoms with Gasteiger partial charge in [0, 0.05) is 5.56 Å². The molecule has 33 heavy (non-hydrogen) atoms. The van der Waals surface area contributed by atoms with Crippen LogP contribution in [0.3, 0.4) is 0 Å². The fourth-order valence-electron chi connectivity index (χ4n) is 3.15. The third-order valence-electron chi connectivity index (χ3n) is 4.50. The van der Waals surface area contributed by atoms with Crippen molar-refractivity contribution in [3.8, 4) is 28.7 Å². The topological polar surface area (TPSA) is 110 Å². The summed E-state index contributed by atoms with van der Waals surface area (Å²) >= 11 is 0. The lowest BCUT2D eigenvalue weighted by Crippen LogP contribution is -2.25. The number of carbonyl (C=O) groups excluding carboxylic acids is 1. The second kappa shape index (κ2) is 11.7. The summed E-state index contributed by atoms with van der Waals surface area (Å²) < 4.78 is 24.1. The van der Waals surface area contributed by atoms with E-state index in [1.165, 1.54) is 0 Å². The molecule has 2 aromatic carbocycles. The monoisotopic (exact) mass is 455 g/mol. The Hall–Kier alpha value is -3.82. The first kappa shape index (κ1) is 23.8. The van der Waals surface area contributed by atoms with Gasteiger partial charge in [-0.2, -0.15) is 4.68 Å². The van der Waals surface area contributed by atoms with Crippen molar-refractivity contribution in [2.75, 3.05) is 26.4 Å². The summed E-state index contributed by atoms with van der Waals surface area (Å²) in [6.45, 7) is 9.53. The van der Waals surface area contributed by atoms with Crippen LogP contribution < -0.4 is 24.3 Å². The smallest absolute Gasteiger partial charge is 0.251 e. The van der Waals surface area contributed by atoms with Crippen LogP contribution in [0.15, 0.2) is 36.4 Å². The highest BCUT2D eigenvalue weighted by Crippen LogP contribution is 2.39. The van der Waals surface area contributed by atoms with E-state index in [1.54, 1.807) is 16.8 Å². The molecule has 3 aromatic rings. The van der Waals surface area contributed by atoms with E-state index in [0.29, 0.717) is 55.1 Å². The summed E-state index contributed by atoms with van der Waals surface area (Å²) in [6.07, 6.45) is 0. The standard InChI is InChI=1S/C23H29N5O5/c1-5-30-18-11-9-17(10-12-18)28-21(25-26-27-28)15-24-23(29)16-13-19(31-6-2)22(33-8-4)20(14-16)32-7-3/h9-14H,5-8,15H2,1-4H3,(H,24,29). The number of tetrazole rings is 1. The number of nitrogens with zero attached hydrogens (tertiary/aromatic N) is 4. The van der Waals surface area contributed by atoms with E-state index in [4.69, 9.17) is 18.9 Å². The molecule has 0 atom stereocenters. The molecule has 0 aliphatic carbocycles. The van der Waals surface area contributed by atoms with E-state index in [2.05, 4.69) is 20.8 Å². The highest BCUT2D eigenvalue weighted by atomic mass is 16.5. The molecule has 1 heterocycles.